The Balaban J connectivity index is 2.48. The summed E-state index contributed by atoms with van der Waals surface area (Å²) in [4.78, 5) is 7.71. The zero-order valence-electron chi connectivity index (χ0n) is 9.54. The van der Waals surface area contributed by atoms with Gasteiger partial charge in [-0.2, -0.15) is 0 Å². The van der Waals surface area contributed by atoms with Gasteiger partial charge >= 0.3 is 0 Å². The second-order valence-electron chi connectivity index (χ2n) is 3.98. The number of H-pyrrole nitrogens is 1. The van der Waals surface area contributed by atoms with E-state index in [4.69, 9.17) is 4.74 Å². The Morgan fingerprint density at radius 2 is 2.12 bits per heavy atom. The van der Waals surface area contributed by atoms with Gasteiger partial charge in [-0.3, -0.25) is 4.98 Å². The van der Waals surface area contributed by atoms with Gasteiger partial charge in [-0.05, 0) is 41.6 Å². The van der Waals surface area contributed by atoms with Crippen molar-refractivity contribution in [1.29, 1.82) is 0 Å². The fraction of sp³-hybridized carbons (Fsp3) is 0.154. The summed E-state index contributed by atoms with van der Waals surface area (Å²) in [7, 11) is 1.69. The van der Waals surface area contributed by atoms with Crippen molar-refractivity contribution >= 4 is 44.4 Å². The molecule has 0 aliphatic rings. The van der Waals surface area contributed by atoms with Crippen molar-refractivity contribution < 1.29 is 4.74 Å². The lowest BCUT2D eigenvalue weighted by atomic mass is 10.1. The first kappa shape index (κ1) is 10.8. The van der Waals surface area contributed by atoms with Crippen LogP contribution in [0.3, 0.4) is 0 Å². The summed E-state index contributed by atoms with van der Waals surface area (Å²) in [5.74, 6) is 0.898. The number of aryl methyl sites for hydroxylation is 1. The summed E-state index contributed by atoms with van der Waals surface area (Å²) in [6, 6.07) is 6.23. The molecule has 0 atom stereocenters. The van der Waals surface area contributed by atoms with Gasteiger partial charge in [-0.15, -0.1) is 0 Å². The van der Waals surface area contributed by atoms with Crippen LogP contribution in [0, 0.1) is 10.5 Å². The molecule has 3 aromatic rings. The molecule has 0 saturated carbocycles. The molecule has 0 fully saturated rings. The van der Waals surface area contributed by atoms with Gasteiger partial charge in [0.2, 0.25) is 0 Å². The van der Waals surface area contributed by atoms with Crippen LogP contribution in [0.4, 0.5) is 0 Å². The van der Waals surface area contributed by atoms with Crippen molar-refractivity contribution in [3.05, 3.63) is 33.7 Å². The Kier molecular flexibility index (Phi) is 2.47. The fourth-order valence-electron chi connectivity index (χ4n) is 2.12. The summed E-state index contributed by atoms with van der Waals surface area (Å²) in [6.07, 6.45) is 1.85. The number of halogens is 1. The van der Waals surface area contributed by atoms with E-state index in [-0.39, 0.29) is 0 Å². The maximum Gasteiger partial charge on any atom is 0.134 e. The van der Waals surface area contributed by atoms with Crippen LogP contribution in [0.25, 0.3) is 21.8 Å². The molecular formula is C13H11IN2O. The maximum absolute atomic E-state index is 5.34. The molecule has 0 spiro atoms. The van der Waals surface area contributed by atoms with Crippen LogP contribution in [-0.4, -0.2) is 17.1 Å². The van der Waals surface area contributed by atoms with Crippen molar-refractivity contribution in [2.24, 2.45) is 0 Å². The average Bonchev–Trinajstić information content (AvgIpc) is 2.68. The molecule has 0 bridgehead atoms. The lowest BCUT2D eigenvalue weighted by molar-refractivity contribution is 0.412. The summed E-state index contributed by atoms with van der Waals surface area (Å²) in [5.41, 5.74) is 3.22. The summed E-state index contributed by atoms with van der Waals surface area (Å²) >= 11 is 2.29. The van der Waals surface area contributed by atoms with Crippen molar-refractivity contribution in [3.8, 4) is 5.75 Å². The smallest absolute Gasteiger partial charge is 0.134 e. The number of methoxy groups -OCH3 is 1. The number of benzene rings is 1. The molecular weight excluding hydrogens is 327 g/mol. The van der Waals surface area contributed by atoms with Crippen LogP contribution in [0.1, 0.15) is 5.69 Å². The molecule has 3 rings (SSSR count). The molecule has 1 aromatic carbocycles. The second-order valence-corrected chi connectivity index (χ2v) is 5.14. The number of aromatic nitrogens is 2. The van der Waals surface area contributed by atoms with Crippen LogP contribution in [0.2, 0.25) is 0 Å². The van der Waals surface area contributed by atoms with Gasteiger partial charge in [-0.1, -0.05) is 0 Å². The minimum absolute atomic E-state index is 0.898. The summed E-state index contributed by atoms with van der Waals surface area (Å²) < 4.78 is 6.45. The van der Waals surface area contributed by atoms with Crippen molar-refractivity contribution in [3.63, 3.8) is 0 Å². The van der Waals surface area contributed by atoms with E-state index in [1.807, 2.05) is 25.3 Å². The topological polar surface area (TPSA) is 37.9 Å². The highest BCUT2D eigenvalue weighted by molar-refractivity contribution is 14.1. The van der Waals surface area contributed by atoms with Crippen LogP contribution in [0.5, 0.6) is 5.75 Å². The summed E-state index contributed by atoms with van der Waals surface area (Å²) in [5, 5.41) is 2.43. The Hall–Kier alpha value is -1.30. The van der Waals surface area contributed by atoms with E-state index in [1.165, 1.54) is 10.8 Å². The molecule has 0 aliphatic carbocycles. The van der Waals surface area contributed by atoms with E-state index in [9.17, 15) is 0 Å². The molecule has 0 saturated heterocycles. The molecule has 4 heteroatoms. The first-order valence-electron chi connectivity index (χ1n) is 5.31. The number of hydrogen-bond donors (Lipinski definition) is 1. The third-order valence-corrected chi connectivity index (χ3v) is 3.83. The Bertz CT molecular complexity index is 718. The fourth-order valence-corrected chi connectivity index (χ4v) is 2.81. The number of pyridine rings is 1. The van der Waals surface area contributed by atoms with Crippen LogP contribution in [0.15, 0.2) is 24.4 Å². The van der Waals surface area contributed by atoms with E-state index in [0.29, 0.717) is 0 Å². The minimum Gasteiger partial charge on any atom is -0.496 e. The zero-order chi connectivity index (χ0) is 12.0. The van der Waals surface area contributed by atoms with E-state index in [2.05, 4.69) is 38.6 Å². The maximum atomic E-state index is 5.34. The standard InChI is InChI=1S/C13H11IN2O/c1-7-13-8(3-4-15-7)9-5-10(14)12(17-2)6-11(9)16-13/h3-6,16H,1-2H3. The van der Waals surface area contributed by atoms with Crippen molar-refractivity contribution in [2.45, 2.75) is 6.92 Å². The van der Waals surface area contributed by atoms with E-state index in [0.717, 1.165) is 26.0 Å². The molecule has 1 N–H and O–H groups in total. The highest BCUT2D eigenvalue weighted by Gasteiger charge is 2.09. The van der Waals surface area contributed by atoms with Gasteiger partial charge in [-0.25, -0.2) is 0 Å². The van der Waals surface area contributed by atoms with Gasteiger partial charge in [0, 0.05) is 23.0 Å². The van der Waals surface area contributed by atoms with Crippen LogP contribution < -0.4 is 4.74 Å². The first-order valence-corrected chi connectivity index (χ1v) is 6.39. The number of nitrogens with zero attached hydrogens (tertiary/aromatic N) is 1. The third-order valence-electron chi connectivity index (χ3n) is 2.98. The molecule has 0 unspecified atom stereocenters. The number of fused-ring (bicyclic) bond motifs is 3. The quantitative estimate of drug-likeness (QED) is 0.688. The highest BCUT2D eigenvalue weighted by Crippen LogP contribution is 2.32. The van der Waals surface area contributed by atoms with E-state index < -0.39 is 0 Å². The normalized spacial score (nSPS) is 11.2. The largest absolute Gasteiger partial charge is 0.496 e. The number of nitrogens with one attached hydrogen (secondary N) is 1. The van der Waals surface area contributed by atoms with Gasteiger partial charge in [0.15, 0.2) is 0 Å². The number of ether oxygens (including phenoxy) is 1. The van der Waals surface area contributed by atoms with Crippen LogP contribution >= 0.6 is 22.6 Å². The van der Waals surface area contributed by atoms with Crippen LogP contribution in [-0.2, 0) is 0 Å². The Morgan fingerprint density at radius 1 is 1.29 bits per heavy atom. The van der Waals surface area contributed by atoms with Crippen molar-refractivity contribution in [2.75, 3.05) is 7.11 Å². The molecule has 3 nitrogen and oxygen atoms in total. The number of hydrogen-bond acceptors (Lipinski definition) is 2. The van der Waals surface area contributed by atoms with Gasteiger partial charge in [0.25, 0.3) is 0 Å². The molecule has 2 aromatic heterocycles. The average molecular weight is 338 g/mol. The molecule has 0 amide bonds. The number of rotatable bonds is 1. The van der Waals surface area contributed by atoms with Gasteiger partial charge in [0.1, 0.15) is 5.75 Å². The van der Waals surface area contributed by atoms with E-state index in [1.54, 1.807) is 7.11 Å². The number of aromatic amines is 1. The van der Waals surface area contributed by atoms with Crippen molar-refractivity contribution in [1.82, 2.24) is 9.97 Å². The molecule has 86 valence electrons. The second kappa shape index (κ2) is 3.87. The van der Waals surface area contributed by atoms with Gasteiger partial charge < -0.3 is 9.72 Å². The van der Waals surface area contributed by atoms with E-state index >= 15 is 0 Å². The SMILES string of the molecule is COc1cc2[nH]c3c(C)nccc3c2cc1I. The molecule has 2 heterocycles. The first-order chi connectivity index (χ1) is 8.20. The molecule has 0 aliphatic heterocycles. The van der Waals surface area contributed by atoms with Gasteiger partial charge in [0.05, 0.1) is 27.4 Å². The molecule has 17 heavy (non-hydrogen) atoms. The monoisotopic (exact) mass is 338 g/mol. The molecule has 0 radical (unpaired) electrons. The lowest BCUT2D eigenvalue weighted by Gasteiger charge is -2.02. The Morgan fingerprint density at radius 3 is 2.88 bits per heavy atom. The summed E-state index contributed by atoms with van der Waals surface area (Å²) in [6.45, 7) is 2.01. The zero-order valence-corrected chi connectivity index (χ0v) is 11.7. The lowest BCUT2D eigenvalue weighted by Crippen LogP contribution is -1.86. The Labute approximate surface area is 112 Å². The predicted molar refractivity (Wildman–Crippen MR) is 77.6 cm³/mol. The third kappa shape index (κ3) is 1.58. The predicted octanol–water partition coefficient (Wildman–Crippen LogP) is 3.64. The minimum atomic E-state index is 0.898. The highest BCUT2D eigenvalue weighted by atomic mass is 127.